The summed E-state index contributed by atoms with van der Waals surface area (Å²) in [5.74, 6) is -2.37. The number of carboxylic acids is 2. The number of thioether (sulfide) groups is 1. The maximum atomic E-state index is 11.3. The molecule has 23 heavy (non-hydrogen) atoms. The second-order valence-electron chi connectivity index (χ2n) is 4.85. The summed E-state index contributed by atoms with van der Waals surface area (Å²) in [5.41, 5.74) is 6.44. The van der Waals surface area contributed by atoms with Gasteiger partial charge in [-0.2, -0.15) is 0 Å². The largest absolute Gasteiger partial charge is 0.480 e. The molecule has 0 fully saturated rings. The van der Waals surface area contributed by atoms with Crippen molar-refractivity contribution in [1.82, 2.24) is 14.8 Å². The highest BCUT2D eigenvalue weighted by atomic mass is 32.2. The predicted molar refractivity (Wildman–Crippen MR) is 83.1 cm³/mol. The number of aromatic nitrogens is 3. The van der Waals surface area contributed by atoms with Crippen LogP contribution >= 0.6 is 11.8 Å². The average molecular weight is 336 g/mol. The Hall–Kier alpha value is -2.39. The van der Waals surface area contributed by atoms with Crippen LogP contribution in [0.4, 0.5) is 0 Å². The standard InChI is InChI=1S/C14H16N4O4S/c15-10(12(19)20)6-11(13(21)22)23-14-17-16-8-18(14)7-9-4-2-1-3-5-9/h1-5,8,10-11H,6-7,15H2,(H,19,20)(H,21,22). The van der Waals surface area contributed by atoms with Crippen LogP contribution < -0.4 is 5.73 Å². The molecule has 4 N–H and O–H groups in total. The Morgan fingerprint density at radius 3 is 2.52 bits per heavy atom. The van der Waals surface area contributed by atoms with Gasteiger partial charge >= 0.3 is 11.9 Å². The van der Waals surface area contributed by atoms with Gasteiger partial charge in [0.1, 0.15) is 17.6 Å². The highest BCUT2D eigenvalue weighted by Crippen LogP contribution is 2.25. The number of nitrogens with zero attached hydrogens (tertiary/aromatic N) is 3. The van der Waals surface area contributed by atoms with Crippen molar-refractivity contribution >= 4 is 23.7 Å². The molecule has 0 amide bonds. The number of nitrogens with two attached hydrogens (primary N) is 1. The second kappa shape index (κ2) is 7.75. The molecule has 2 aromatic rings. The zero-order valence-corrected chi connectivity index (χ0v) is 12.9. The van der Waals surface area contributed by atoms with Crippen molar-refractivity contribution in [2.45, 2.75) is 29.4 Å². The van der Waals surface area contributed by atoms with E-state index in [9.17, 15) is 14.7 Å². The number of rotatable bonds is 8. The van der Waals surface area contributed by atoms with E-state index in [4.69, 9.17) is 10.8 Å². The predicted octanol–water partition coefficient (Wildman–Crippen LogP) is 0.674. The Morgan fingerprint density at radius 1 is 1.22 bits per heavy atom. The van der Waals surface area contributed by atoms with E-state index in [0.717, 1.165) is 17.3 Å². The number of carbonyl (C=O) groups is 2. The van der Waals surface area contributed by atoms with Crippen molar-refractivity contribution in [1.29, 1.82) is 0 Å². The minimum absolute atomic E-state index is 0.201. The van der Waals surface area contributed by atoms with E-state index >= 15 is 0 Å². The molecule has 0 saturated carbocycles. The van der Waals surface area contributed by atoms with Crippen LogP contribution in [-0.2, 0) is 16.1 Å². The summed E-state index contributed by atoms with van der Waals surface area (Å²) in [4.78, 5) is 22.1. The third-order valence-electron chi connectivity index (χ3n) is 3.08. The lowest BCUT2D eigenvalue weighted by Crippen LogP contribution is -2.35. The summed E-state index contributed by atoms with van der Waals surface area (Å²) in [6.45, 7) is 0.494. The summed E-state index contributed by atoms with van der Waals surface area (Å²) >= 11 is 0.942. The lowest BCUT2D eigenvalue weighted by molar-refractivity contribution is -0.139. The molecule has 122 valence electrons. The minimum atomic E-state index is -1.24. The lowest BCUT2D eigenvalue weighted by atomic mass is 10.2. The van der Waals surface area contributed by atoms with Crippen LogP contribution in [0.1, 0.15) is 12.0 Å². The first-order valence-electron chi connectivity index (χ1n) is 6.77. The van der Waals surface area contributed by atoms with Gasteiger partial charge in [-0.25, -0.2) is 0 Å². The molecule has 0 saturated heterocycles. The monoisotopic (exact) mass is 336 g/mol. The van der Waals surface area contributed by atoms with Gasteiger partial charge in [0.2, 0.25) is 0 Å². The zero-order chi connectivity index (χ0) is 16.8. The van der Waals surface area contributed by atoms with E-state index in [1.165, 1.54) is 6.33 Å². The third kappa shape index (κ3) is 4.80. The highest BCUT2D eigenvalue weighted by molar-refractivity contribution is 8.00. The molecule has 2 unspecified atom stereocenters. The first-order chi connectivity index (χ1) is 11.0. The molecule has 8 nitrogen and oxygen atoms in total. The van der Waals surface area contributed by atoms with Gasteiger partial charge in [-0.05, 0) is 12.0 Å². The molecule has 2 atom stereocenters. The normalized spacial score (nSPS) is 13.4. The molecular weight excluding hydrogens is 320 g/mol. The van der Waals surface area contributed by atoms with Crippen LogP contribution in [0.25, 0.3) is 0 Å². The molecule has 0 spiro atoms. The average Bonchev–Trinajstić information content (AvgIpc) is 2.94. The lowest BCUT2D eigenvalue weighted by Gasteiger charge is -2.14. The Balaban J connectivity index is 2.10. The topological polar surface area (TPSA) is 131 Å². The fraction of sp³-hybridized carbons (Fsp3) is 0.286. The SMILES string of the molecule is NC(CC(Sc1nncn1Cc1ccccc1)C(=O)O)C(=O)O. The molecule has 2 rings (SSSR count). The molecule has 1 aromatic carbocycles. The number of carboxylic acid groups (broad SMARTS) is 2. The van der Waals surface area contributed by atoms with E-state index < -0.39 is 23.2 Å². The van der Waals surface area contributed by atoms with Gasteiger partial charge in [-0.15, -0.1) is 10.2 Å². The van der Waals surface area contributed by atoms with Crippen LogP contribution in [0.5, 0.6) is 0 Å². The van der Waals surface area contributed by atoms with E-state index in [-0.39, 0.29) is 6.42 Å². The van der Waals surface area contributed by atoms with Crippen molar-refractivity contribution in [3.8, 4) is 0 Å². The fourth-order valence-electron chi connectivity index (χ4n) is 1.88. The number of aliphatic carboxylic acids is 2. The van der Waals surface area contributed by atoms with Gasteiger partial charge in [-0.3, -0.25) is 9.59 Å². The Bertz CT molecular complexity index is 676. The maximum absolute atomic E-state index is 11.3. The van der Waals surface area contributed by atoms with Gasteiger partial charge in [0.05, 0.1) is 6.54 Å². The van der Waals surface area contributed by atoms with Gasteiger partial charge < -0.3 is 20.5 Å². The first kappa shape index (κ1) is 17.0. The molecule has 0 aliphatic rings. The first-order valence-corrected chi connectivity index (χ1v) is 7.65. The summed E-state index contributed by atoms with van der Waals surface area (Å²) < 4.78 is 1.71. The van der Waals surface area contributed by atoms with Crippen LogP contribution in [0.3, 0.4) is 0 Å². The molecule has 0 radical (unpaired) electrons. The quantitative estimate of drug-likeness (QED) is 0.600. The molecule has 1 aromatic heterocycles. The Kier molecular flexibility index (Phi) is 5.72. The third-order valence-corrected chi connectivity index (χ3v) is 4.29. The van der Waals surface area contributed by atoms with Crippen molar-refractivity contribution in [3.63, 3.8) is 0 Å². The van der Waals surface area contributed by atoms with Crippen LogP contribution in [0.2, 0.25) is 0 Å². The van der Waals surface area contributed by atoms with Crippen molar-refractivity contribution < 1.29 is 19.8 Å². The van der Waals surface area contributed by atoms with Crippen LogP contribution in [-0.4, -0.2) is 48.2 Å². The summed E-state index contributed by atoms with van der Waals surface area (Å²) in [6, 6.07) is 8.33. The zero-order valence-electron chi connectivity index (χ0n) is 12.1. The van der Waals surface area contributed by atoms with Crippen molar-refractivity contribution in [2.75, 3.05) is 0 Å². The van der Waals surface area contributed by atoms with Crippen LogP contribution in [0, 0.1) is 0 Å². The highest BCUT2D eigenvalue weighted by Gasteiger charge is 2.27. The molecule has 0 aliphatic carbocycles. The van der Waals surface area contributed by atoms with Gasteiger partial charge in [-0.1, -0.05) is 42.1 Å². The summed E-state index contributed by atoms with van der Waals surface area (Å²) in [7, 11) is 0. The van der Waals surface area contributed by atoms with E-state index in [2.05, 4.69) is 10.2 Å². The fourth-order valence-corrected chi connectivity index (χ4v) is 2.88. The van der Waals surface area contributed by atoms with E-state index in [0.29, 0.717) is 11.7 Å². The Labute approximate surface area is 136 Å². The summed E-state index contributed by atoms with van der Waals surface area (Å²) in [5, 5.41) is 25.2. The second-order valence-corrected chi connectivity index (χ2v) is 6.02. The van der Waals surface area contributed by atoms with Gasteiger partial charge in [0.15, 0.2) is 5.16 Å². The smallest absolute Gasteiger partial charge is 0.320 e. The molecule has 0 aliphatic heterocycles. The Morgan fingerprint density at radius 2 is 1.91 bits per heavy atom. The van der Waals surface area contributed by atoms with Crippen molar-refractivity contribution in [3.05, 3.63) is 42.2 Å². The van der Waals surface area contributed by atoms with Crippen molar-refractivity contribution in [2.24, 2.45) is 5.73 Å². The number of hydrogen-bond donors (Lipinski definition) is 3. The summed E-state index contributed by atoms with van der Waals surface area (Å²) in [6.07, 6.45) is 1.30. The van der Waals surface area contributed by atoms with Gasteiger partial charge in [0.25, 0.3) is 0 Å². The molecule has 9 heteroatoms. The van der Waals surface area contributed by atoms with Crippen LogP contribution in [0.15, 0.2) is 41.8 Å². The van der Waals surface area contributed by atoms with E-state index in [1.54, 1.807) is 4.57 Å². The van der Waals surface area contributed by atoms with E-state index in [1.807, 2.05) is 30.3 Å². The number of hydrogen-bond acceptors (Lipinski definition) is 6. The molecular formula is C14H16N4O4S. The maximum Gasteiger partial charge on any atom is 0.320 e. The molecule has 1 heterocycles. The minimum Gasteiger partial charge on any atom is -0.480 e. The molecule has 0 bridgehead atoms. The van der Waals surface area contributed by atoms with Gasteiger partial charge in [0, 0.05) is 0 Å². The number of benzene rings is 1.